The predicted octanol–water partition coefficient (Wildman–Crippen LogP) is 1.49. The minimum absolute atomic E-state index is 0.134. The zero-order valence-electron chi connectivity index (χ0n) is 13.0. The summed E-state index contributed by atoms with van der Waals surface area (Å²) in [6.07, 6.45) is -0.134. The topological polar surface area (TPSA) is 42.0 Å². The number of benzene rings is 1. The van der Waals surface area contributed by atoms with E-state index in [1.165, 1.54) is 0 Å². The lowest BCUT2D eigenvalue weighted by Crippen LogP contribution is -2.47. The number of esters is 1. The van der Waals surface area contributed by atoms with Crippen molar-refractivity contribution in [3.05, 3.63) is 29.8 Å². The van der Waals surface area contributed by atoms with E-state index in [-0.39, 0.29) is 12.1 Å². The Labute approximate surface area is 126 Å². The van der Waals surface area contributed by atoms with Gasteiger partial charge in [0.15, 0.2) is 0 Å². The standard InChI is InChI=1S/C16H24N2O3/c1-13(12-18-10-8-17(2)9-11-18)21-16(19)14-6-4-5-7-15(14)20-3/h4-7,13H,8-12H2,1-3H3/t13-/m0/s1. The molecule has 1 saturated heterocycles. The molecule has 0 spiro atoms. The van der Waals surface area contributed by atoms with E-state index in [0.29, 0.717) is 11.3 Å². The highest BCUT2D eigenvalue weighted by Crippen LogP contribution is 2.19. The highest BCUT2D eigenvalue weighted by atomic mass is 16.5. The van der Waals surface area contributed by atoms with E-state index in [0.717, 1.165) is 32.7 Å². The Kier molecular flexibility index (Phi) is 5.59. The van der Waals surface area contributed by atoms with E-state index in [1.54, 1.807) is 19.2 Å². The molecule has 0 aliphatic carbocycles. The Bertz CT molecular complexity index is 470. The number of hydrogen-bond acceptors (Lipinski definition) is 5. The van der Waals surface area contributed by atoms with Crippen LogP contribution in [0.25, 0.3) is 0 Å². The number of ether oxygens (including phenoxy) is 2. The fourth-order valence-electron chi connectivity index (χ4n) is 2.49. The van der Waals surface area contributed by atoms with Crippen LogP contribution in [-0.4, -0.2) is 68.8 Å². The predicted molar refractivity (Wildman–Crippen MR) is 81.8 cm³/mol. The maximum atomic E-state index is 12.2. The normalized spacial score (nSPS) is 18.2. The van der Waals surface area contributed by atoms with Crippen molar-refractivity contribution in [2.75, 3.05) is 46.9 Å². The summed E-state index contributed by atoms with van der Waals surface area (Å²) in [7, 11) is 3.68. The van der Waals surface area contributed by atoms with Gasteiger partial charge in [-0.1, -0.05) is 12.1 Å². The summed E-state index contributed by atoms with van der Waals surface area (Å²) in [5.41, 5.74) is 0.477. The molecule has 0 bridgehead atoms. The second kappa shape index (κ2) is 7.43. The Balaban J connectivity index is 1.87. The van der Waals surface area contributed by atoms with Crippen molar-refractivity contribution in [3.8, 4) is 5.75 Å². The molecule has 0 saturated carbocycles. The van der Waals surface area contributed by atoms with E-state index in [4.69, 9.17) is 9.47 Å². The summed E-state index contributed by atoms with van der Waals surface area (Å²) in [5.74, 6) is 0.225. The van der Waals surface area contributed by atoms with Gasteiger partial charge in [-0.3, -0.25) is 4.90 Å². The molecule has 0 N–H and O–H groups in total. The monoisotopic (exact) mass is 292 g/mol. The van der Waals surface area contributed by atoms with Crippen LogP contribution in [0.1, 0.15) is 17.3 Å². The Hall–Kier alpha value is -1.59. The zero-order chi connectivity index (χ0) is 15.2. The molecule has 0 radical (unpaired) electrons. The molecule has 1 aromatic carbocycles. The number of nitrogens with zero attached hydrogens (tertiary/aromatic N) is 2. The van der Waals surface area contributed by atoms with Crippen LogP contribution in [0.15, 0.2) is 24.3 Å². The maximum absolute atomic E-state index is 12.2. The van der Waals surface area contributed by atoms with Crippen LogP contribution < -0.4 is 4.74 Å². The molecule has 5 heteroatoms. The second-order valence-electron chi connectivity index (χ2n) is 5.52. The SMILES string of the molecule is COc1ccccc1C(=O)O[C@@H](C)CN1CCN(C)CC1. The van der Waals surface area contributed by atoms with Crippen molar-refractivity contribution in [2.45, 2.75) is 13.0 Å². The lowest BCUT2D eigenvalue weighted by Gasteiger charge is -2.33. The molecule has 0 unspecified atom stereocenters. The molecule has 1 aliphatic heterocycles. The third-order valence-corrected chi connectivity index (χ3v) is 3.75. The minimum Gasteiger partial charge on any atom is -0.496 e. The first kappa shape index (κ1) is 15.8. The van der Waals surface area contributed by atoms with Gasteiger partial charge < -0.3 is 14.4 Å². The lowest BCUT2D eigenvalue weighted by molar-refractivity contribution is 0.0204. The molecule has 116 valence electrons. The van der Waals surface area contributed by atoms with E-state index in [9.17, 15) is 4.79 Å². The first-order chi connectivity index (χ1) is 10.1. The number of rotatable bonds is 5. The average Bonchev–Trinajstić information content (AvgIpc) is 2.49. The fraction of sp³-hybridized carbons (Fsp3) is 0.562. The molecule has 0 aromatic heterocycles. The Morgan fingerprint density at radius 2 is 1.90 bits per heavy atom. The molecule has 2 rings (SSSR count). The summed E-state index contributed by atoms with van der Waals surface area (Å²) in [4.78, 5) is 16.8. The lowest BCUT2D eigenvalue weighted by atomic mass is 10.2. The van der Waals surface area contributed by atoms with Crippen molar-refractivity contribution in [1.29, 1.82) is 0 Å². The summed E-state index contributed by atoms with van der Waals surface area (Å²) in [6, 6.07) is 7.14. The molecule has 1 fully saturated rings. The van der Waals surface area contributed by atoms with Crippen molar-refractivity contribution < 1.29 is 14.3 Å². The highest BCUT2D eigenvalue weighted by Gasteiger charge is 2.20. The van der Waals surface area contributed by atoms with Gasteiger partial charge in [-0.15, -0.1) is 0 Å². The van der Waals surface area contributed by atoms with E-state index in [1.807, 2.05) is 19.1 Å². The number of methoxy groups -OCH3 is 1. The minimum atomic E-state index is -0.325. The number of likely N-dealkylation sites (N-methyl/N-ethyl adjacent to an activating group) is 1. The van der Waals surface area contributed by atoms with Gasteiger partial charge in [0.25, 0.3) is 0 Å². The first-order valence-electron chi connectivity index (χ1n) is 7.35. The first-order valence-corrected chi connectivity index (χ1v) is 7.35. The van der Waals surface area contributed by atoms with Crippen molar-refractivity contribution in [2.24, 2.45) is 0 Å². The summed E-state index contributed by atoms with van der Waals surface area (Å²) < 4.78 is 10.7. The Morgan fingerprint density at radius 3 is 2.57 bits per heavy atom. The average molecular weight is 292 g/mol. The third kappa shape index (κ3) is 4.44. The molecular weight excluding hydrogens is 268 g/mol. The molecule has 1 heterocycles. The van der Waals surface area contributed by atoms with E-state index < -0.39 is 0 Å². The summed E-state index contributed by atoms with van der Waals surface area (Å²) in [6.45, 7) is 6.88. The van der Waals surface area contributed by atoms with Gasteiger partial charge in [-0.2, -0.15) is 0 Å². The number of carbonyl (C=O) groups excluding carboxylic acids is 1. The van der Waals surface area contributed by atoms with Gasteiger partial charge in [0.2, 0.25) is 0 Å². The number of para-hydroxylation sites is 1. The molecular formula is C16H24N2O3. The van der Waals surface area contributed by atoms with Gasteiger partial charge in [0.05, 0.1) is 7.11 Å². The third-order valence-electron chi connectivity index (χ3n) is 3.75. The molecule has 1 aromatic rings. The maximum Gasteiger partial charge on any atom is 0.342 e. The number of carbonyl (C=O) groups is 1. The quantitative estimate of drug-likeness (QED) is 0.769. The molecule has 1 aliphatic rings. The zero-order valence-corrected chi connectivity index (χ0v) is 13.0. The van der Waals surface area contributed by atoms with Gasteiger partial charge in [0.1, 0.15) is 17.4 Å². The van der Waals surface area contributed by atoms with Gasteiger partial charge in [-0.05, 0) is 26.1 Å². The van der Waals surface area contributed by atoms with Crippen molar-refractivity contribution >= 4 is 5.97 Å². The van der Waals surface area contributed by atoms with Crippen LogP contribution in [0.4, 0.5) is 0 Å². The summed E-state index contributed by atoms with van der Waals surface area (Å²) in [5, 5.41) is 0. The van der Waals surface area contributed by atoms with Crippen molar-refractivity contribution in [1.82, 2.24) is 9.80 Å². The molecule has 21 heavy (non-hydrogen) atoms. The largest absolute Gasteiger partial charge is 0.496 e. The van der Waals surface area contributed by atoms with Crippen LogP contribution in [0, 0.1) is 0 Å². The van der Waals surface area contributed by atoms with Crippen LogP contribution in [-0.2, 0) is 4.74 Å². The second-order valence-corrected chi connectivity index (χ2v) is 5.52. The molecule has 0 amide bonds. The fourth-order valence-corrected chi connectivity index (χ4v) is 2.49. The molecule has 5 nitrogen and oxygen atoms in total. The van der Waals surface area contributed by atoms with Crippen LogP contribution >= 0.6 is 0 Å². The van der Waals surface area contributed by atoms with E-state index in [2.05, 4.69) is 16.8 Å². The van der Waals surface area contributed by atoms with Crippen LogP contribution in [0.3, 0.4) is 0 Å². The van der Waals surface area contributed by atoms with Crippen LogP contribution in [0.5, 0.6) is 5.75 Å². The number of piperazine rings is 1. The summed E-state index contributed by atoms with van der Waals surface area (Å²) >= 11 is 0. The van der Waals surface area contributed by atoms with E-state index >= 15 is 0 Å². The van der Waals surface area contributed by atoms with Gasteiger partial charge >= 0.3 is 5.97 Å². The highest BCUT2D eigenvalue weighted by molar-refractivity contribution is 5.92. The smallest absolute Gasteiger partial charge is 0.342 e. The van der Waals surface area contributed by atoms with Gasteiger partial charge in [0, 0.05) is 32.7 Å². The van der Waals surface area contributed by atoms with Crippen LogP contribution in [0.2, 0.25) is 0 Å². The van der Waals surface area contributed by atoms with Gasteiger partial charge in [-0.25, -0.2) is 4.79 Å². The Morgan fingerprint density at radius 1 is 1.24 bits per heavy atom. The number of hydrogen-bond donors (Lipinski definition) is 0. The van der Waals surface area contributed by atoms with Crippen molar-refractivity contribution in [3.63, 3.8) is 0 Å². The molecule has 1 atom stereocenters.